The van der Waals surface area contributed by atoms with E-state index >= 15 is 0 Å². The van der Waals surface area contributed by atoms with Crippen molar-refractivity contribution >= 4 is 5.91 Å². The number of hydrogen-bond donors (Lipinski definition) is 1. The van der Waals surface area contributed by atoms with Crippen molar-refractivity contribution in [2.45, 2.75) is 46.6 Å². The summed E-state index contributed by atoms with van der Waals surface area (Å²) in [5.41, 5.74) is 0. The Morgan fingerprint density at radius 1 is 1.36 bits per heavy atom. The highest BCUT2D eigenvalue weighted by atomic mass is 16.5. The van der Waals surface area contributed by atoms with Gasteiger partial charge in [0.1, 0.15) is 6.04 Å². The minimum atomic E-state index is -0.285. The zero-order chi connectivity index (χ0) is 16.1. The number of furan rings is 1. The molecule has 6 nitrogen and oxygen atoms in total. The van der Waals surface area contributed by atoms with Crippen LogP contribution in [0.3, 0.4) is 0 Å². The number of nitrogens with one attached hydrogen (secondary N) is 1. The van der Waals surface area contributed by atoms with Gasteiger partial charge in [0.25, 0.3) is 0 Å². The van der Waals surface area contributed by atoms with E-state index in [0.717, 1.165) is 6.42 Å². The second-order valence-electron chi connectivity index (χ2n) is 5.96. The van der Waals surface area contributed by atoms with E-state index in [0.29, 0.717) is 29.8 Å². The van der Waals surface area contributed by atoms with E-state index in [9.17, 15) is 4.79 Å². The molecular formula is C16H23N3O3. The van der Waals surface area contributed by atoms with E-state index in [2.05, 4.69) is 29.3 Å². The molecule has 0 unspecified atom stereocenters. The number of amides is 1. The predicted molar refractivity (Wildman–Crippen MR) is 81.8 cm³/mol. The number of aromatic nitrogens is 2. The fourth-order valence-corrected chi connectivity index (χ4v) is 2.15. The Morgan fingerprint density at radius 2 is 2.14 bits per heavy atom. The lowest BCUT2D eigenvalue weighted by Gasteiger charge is -2.21. The van der Waals surface area contributed by atoms with E-state index in [4.69, 9.17) is 8.94 Å². The standard InChI is InChI=1S/C16H23N3O3/c1-5-11(4)14(17-13(20)9-10(2)3)16-18-15(19-22-16)12-7-6-8-21-12/h6-8,10-11,14H,5,9H2,1-4H3,(H,17,20)/t11-,14-/m0/s1. The molecule has 0 saturated heterocycles. The number of carbonyl (C=O) groups is 1. The van der Waals surface area contributed by atoms with Gasteiger partial charge in [-0.25, -0.2) is 0 Å². The highest BCUT2D eigenvalue weighted by molar-refractivity contribution is 5.76. The maximum Gasteiger partial charge on any atom is 0.249 e. The summed E-state index contributed by atoms with van der Waals surface area (Å²) in [5, 5.41) is 6.94. The summed E-state index contributed by atoms with van der Waals surface area (Å²) >= 11 is 0. The summed E-state index contributed by atoms with van der Waals surface area (Å²) in [4.78, 5) is 16.4. The molecule has 0 aliphatic heterocycles. The third-order valence-electron chi connectivity index (χ3n) is 3.57. The van der Waals surface area contributed by atoms with Gasteiger partial charge >= 0.3 is 0 Å². The maximum absolute atomic E-state index is 12.1. The van der Waals surface area contributed by atoms with E-state index in [1.54, 1.807) is 18.4 Å². The van der Waals surface area contributed by atoms with Crippen LogP contribution in [0.1, 0.15) is 52.5 Å². The van der Waals surface area contributed by atoms with Crippen molar-refractivity contribution in [3.05, 3.63) is 24.3 Å². The molecule has 2 aromatic rings. The molecule has 0 spiro atoms. The first kappa shape index (κ1) is 16.3. The predicted octanol–water partition coefficient (Wildman–Crippen LogP) is 3.58. The Balaban J connectivity index is 2.17. The van der Waals surface area contributed by atoms with E-state index in [1.165, 1.54) is 0 Å². The van der Waals surface area contributed by atoms with Crippen molar-refractivity contribution in [1.29, 1.82) is 0 Å². The quantitative estimate of drug-likeness (QED) is 0.845. The van der Waals surface area contributed by atoms with Gasteiger partial charge in [-0.15, -0.1) is 0 Å². The Bertz CT molecular complexity index is 590. The highest BCUT2D eigenvalue weighted by Crippen LogP contribution is 2.26. The van der Waals surface area contributed by atoms with Gasteiger partial charge in [0.2, 0.25) is 17.6 Å². The van der Waals surface area contributed by atoms with Gasteiger partial charge in [-0.2, -0.15) is 4.98 Å². The summed E-state index contributed by atoms with van der Waals surface area (Å²) in [5.74, 6) is 1.86. The minimum absolute atomic E-state index is 0.00181. The van der Waals surface area contributed by atoms with E-state index in [-0.39, 0.29) is 17.9 Å². The van der Waals surface area contributed by atoms with Crippen LogP contribution in [0.2, 0.25) is 0 Å². The second-order valence-corrected chi connectivity index (χ2v) is 5.96. The molecular weight excluding hydrogens is 282 g/mol. The Kier molecular flexibility index (Phi) is 5.35. The summed E-state index contributed by atoms with van der Waals surface area (Å²) in [6, 6.07) is 3.25. The molecule has 0 aliphatic rings. The van der Waals surface area contributed by atoms with Gasteiger partial charge in [0, 0.05) is 6.42 Å². The highest BCUT2D eigenvalue weighted by Gasteiger charge is 2.27. The first-order chi connectivity index (χ1) is 10.5. The van der Waals surface area contributed by atoms with Crippen LogP contribution in [0.4, 0.5) is 0 Å². The van der Waals surface area contributed by atoms with Crippen molar-refractivity contribution < 1.29 is 13.7 Å². The van der Waals surface area contributed by atoms with Crippen LogP contribution in [-0.2, 0) is 4.79 Å². The summed E-state index contributed by atoms with van der Waals surface area (Å²) in [7, 11) is 0. The molecule has 120 valence electrons. The third-order valence-corrected chi connectivity index (χ3v) is 3.57. The normalized spacial score (nSPS) is 14.0. The third kappa shape index (κ3) is 3.96. The second kappa shape index (κ2) is 7.24. The zero-order valence-corrected chi connectivity index (χ0v) is 13.5. The smallest absolute Gasteiger partial charge is 0.249 e. The largest absolute Gasteiger partial charge is 0.461 e. The Morgan fingerprint density at radius 3 is 2.73 bits per heavy atom. The average molecular weight is 305 g/mol. The van der Waals surface area contributed by atoms with Crippen molar-refractivity contribution in [2.75, 3.05) is 0 Å². The fourth-order valence-electron chi connectivity index (χ4n) is 2.15. The van der Waals surface area contributed by atoms with Gasteiger partial charge in [0.05, 0.1) is 6.26 Å². The van der Waals surface area contributed by atoms with Crippen molar-refractivity contribution in [2.24, 2.45) is 11.8 Å². The van der Waals surface area contributed by atoms with Gasteiger partial charge < -0.3 is 14.3 Å². The van der Waals surface area contributed by atoms with Crippen LogP contribution in [0.25, 0.3) is 11.6 Å². The molecule has 22 heavy (non-hydrogen) atoms. The molecule has 0 aromatic carbocycles. The molecule has 2 rings (SSSR count). The topological polar surface area (TPSA) is 81.2 Å². The number of hydrogen-bond acceptors (Lipinski definition) is 5. The van der Waals surface area contributed by atoms with Gasteiger partial charge in [-0.1, -0.05) is 39.3 Å². The fraction of sp³-hybridized carbons (Fsp3) is 0.562. The number of rotatable bonds is 7. The molecule has 0 saturated carbocycles. The lowest BCUT2D eigenvalue weighted by atomic mass is 9.98. The lowest BCUT2D eigenvalue weighted by Crippen LogP contribution is -2.33. The van der Waals surface area contributed by atoms with Crippen molar-refractivity contribution in [3.8, 4) is 11.6 Å². The molecule has 0 radical (unpaired) electrons. The van der Waals surface area contributed by atoms with Crippen LogP contribution in [-0.4, -0.2) is 16.0 Å². The van der Waals surface area contributed by atoms with Crippen LogP contribution >= 0.6 is 0 Å². The summed E-state index contributed by atoms with van der Waals surface area (Å²) in [6.45, 7) is 8.15. The van der Waals surface area contributed by atoms with Gasteiger partial charge in [-0.05, 0) is 24.0 Å². The Hall–Kier alpha value is -2.11. The molecule has 1 N–H and O–H groups in total. The molecule has 6 heteroatoms. The monoisotopic (exact) mass is 305 g/mol. The SMILES string of the molecule is CC[C@H](C)[C@H](NC(=O)CC(C)C)c1nc(-c2ccco2)no1. The van der Waals surface area contributed by atoms with Gasteiger partial charge in [0.15, 0.2) is 5.76 Å². The van der Waals surface area contributed by atoms with Crippen molar-refractivity contribution in [3.63, 3.8) is 0 Å². The lowest BCUT2D eigenvalue weighted by molar-refractivity contribution is -0.123. The van der Waals surface area contributed by atoms with Crippen LogP contribution in [0.15, 0.2) is 27.3 Å². The first-order valence-electron chi connectivity index (χ1n) is 7.68. The number of nitrogens with zero attached hydrogens (tertiary/aromatic N) is 2. The molecule has 2 aromatic heterocycles. The molecule has 2 heterocycles. The summed E-state index contributed by atoms with van der Waals surface area (Å²) < 4.78 is 10.6. The zero-order valence-electron chi connectivity index (χ0n) is 13.5. The molecule has 0 bridgehead atoms. The molecule has 2 atom stereocenters. The van der Waals surface area contributed by atoms with E-state index in [1.807, 2.05) is 13.8 Å². The van der Waals surface area contributed by atoms with E-state index < -0.39 is 0 Å². The van der Waals surface area contributed by atoms with Crippen LogP contribution < -0.4 is 5.32 Å². The minimum Gasteiger partial charge on any atom is -0.461 e. The Labute approximate surface area is 130 Å². The molecule has 1 amide bonds. The molecule has 0 aliphatic carbocycles. The van der Waals surface area contributed by atoms with Crippen LogP contribution in [0.5, 0.6) is 0 Å². The van der Waals surface area contributed by atoms with Crippen molar-refractivity contribution in [1.82, 2.24) is 15.5 Å². The van der Waals surface area contributed by atoms with Crippen LogP contribution in [0, 0.1) is 11.8 Å². The maximum atomic E-state index is 12.1. The first-order valence-corrected chi connectivity index (χ1v) is 7.68. The van der Waals surface area contributed by atoms with Gasteiger partial charge in [-0.3, -0.25) is 4.79 Å². The molecule has 0 fully saturated rings. The summed E-state index contributed by atoms with van der Waals surface area (Å²) in [6.07, 6.45) is 2.93. The average Bonchev–Trinajstić information content (AvgIpc) is 3.13. The number of carbonyl (C=O) groups excluding carboxylic acids is 1.